The lowest BCUT2D eigenvalue weighted by molar-refractivity contribution is -0.231. The molecule has 0 saturated heterocycles. The Kier molecular flexibility index (Phi) is 12.6. The maximum atomic E-state index is 6.05. The summed E-state index contributed by atoms with van der Waals surface area (Å²) in [4.78, 5) is 0. The van der Waals surface area contributed by atoms with E-state index in [0.29, 0.717) is 13.2 Å². The van der Waals surface area contributed by atoms with Gasteiger partial charge in [-0.2, -0.15) is 0 Å². The van der Waals surface area contributed by atoms with Gasteiger partial charge < -0.3 is 14.2 Å². The van der Waals surface area contributed by atoms with Crippen LogP contribution in [0.25, 0.3) is 0 Å². The van der Waals surface area contributed by atoms with Gasteiger partial charge in [0.2, 0.25) is 0 Å². The monoisotopic (exact) mass is 326 g/mol. The molecule has 0 amide bonds. The molecule has 0 aromatic rings. The molecule has 23 heavy (non-hydrogen) atoms. The molecule has 0 fully saturated rings. The van der Waals surface area contributed by atoms with E-state index in [4.69, 9.17) is 14.2 Å². The standard InChI is InChI=1S/C20H38O3/c1-3-5-14-20(22-18-12-13-19-23-20)15-10-8-7-9-11-17-21-16-6-4-2/h12-13H,3-11,14-19H2,1-2H3. The maximum absolute atomic E-state index is 6.05. The highest BCUT2D eigenvalue weighted by atomic mass is 16.7. The molecule has 0 aliphatic carbocycles. The summed E-state index contributed by atoms with van der Waals surface area (Å²) in [5, 5.41) is 0. The zero-order chi connectivity index (χ0) is 16.6. The van der Waals surface area contributed by atoms with Gasteiger partial charge in [0.15, 0.2) is 5.79 Å². The van der Waals surface area contributed by atoms with Crippen molar-refractivity contribution >= 4 is 0 Å². The Morgan fingerprint density at radius 3 is 2.00 bits per heavy atom. The minimum Gasteiger partial charge on any atom is -0.381 e. The van der Waals surface area contributed by atoms with Crippen LogP contribution in [0.4, 0.5) is 0 Å². The van der Waals surface area contributed by atoms with E-state index in [9.17, 15) is 0 Å². The molecule has 1 aliphatic heterocycles. The van der Waals surface area contributed by atoms with Crippen LogP contribution in [-0.4, -0.2) is 32.2 Å². The summed E-state index contributed by atoms with van der Waals surface area (Å²) >= 11 is 0. The molecule has 3 nitrogen and oxygen atoms in total. The Balaban J connectivity index is 2.08. The number of hydrogen-bond acceptors (Lipinski definition) is 3. The largest absolute Gasteiger partial charge is 0.381 e. The lowest BCUT2D eigenvalue weighted by atomic mass is 10.0. The summed E-state index contributed by atoms with van der Waals surface area (Å²) in [5.74, 6) is -0.331. The van der Waals surface area contributed by atoms with Crippen LogP contribution in [0.5, 0.6) is 0 Å². The molecule has 0 spiro atoms. The number of unbranched alkanes of at least 4 members (excludes halogenated alkanes) is 6. The van der Waals surface area contributed by atoms with Crippen molar-refractivity contribution < 1.29 is 14.2 Å². The summed E-state index contributed by atoms with van der Waals surface area (Å²) < 4.78 is 17.7. The van der Waals surface area contributed by atoms with Gasteiger partial charge in [0.1, 0.15) is 0 Å². The van der Waals surface area contributed by atoms with Crippen molar-refractivity contribution in [2.24, 2.45) is 0 Å². The molecule has 0 bridgehead atoms. The molecule has 0 N–H and O–H groups in total. The number of hydrogen-bond donors (Lipinski definition) is 0. The number of ether oxygens (including phenoxy) is 3. The zero-order valence-corrected chi connectivity index (χ0v) is 15.5. The average Bonchev–Trinajstić information content (AvgIpc) is 2.81. The molecule has 0 atom stereocenters. The Labute approximate surface area is 143 Å². The van der Waals surface area contributed by atoms with Crippen LogP contribution in [-0.2, 0) is 14.2 Å². The van der Waals surface area contributed by atoms with Crippen molar-refractivity contribution in [3.63, 3.8) is 0 Å². The van der Waals surface area contributed by atoms with E-state index in [0.717, 1.165) is 26.1 Å². The highest BCUT2D eigenvalue weighted by molar-refractivity contribution is 4.87. The predicted molar refractivity (Wildman–Crippen MR) is 96.7 cm³/mol. The summed E-state index contributed by atoms with van der Waals surface area (Å²) in [5.41, 5.74) is 0. The first-order valence-electron chi connectivity index (χ1n) is 9.83. The fourth-order valence-electron chi connectivity index (χ4n) is 2.91. The van der Waals surface area contributed by atoms with E-state index in [1.54, 1.807) is 0 Å². The molecule has 1 aliphatic rings. The van der Waals surface area contributed by atoms with Crippen molar-refractivity contribution in [1.82, 2.24) is 0 Å². The minimum absolute atomic E-state index is 0.331. The van der Waals surface area contributed by atoms with E-state index < -0.39 is 0 Å². The molecule has 0 aromatic carbocycles. The van der Waals surface area contributed by atoms with Gasteiger partial charge in [0, 0.05) is 26.1 Å². The van der Waals surface area contributed by atoms with Crippen LogP contribution in [0.3, 0.4) is 0 Å². The molecule has 0 unspecified atom stereocenters. The highest BCUT2D eigenvalue weighted by Gasteiger charge is 2.31. The first-order valence-corrected chi connectivity index (χ1v) is 9.83. The van der Waals surface area contributed by atoms with Gasteiger partial charge >= 0.3 is 0 Å². The fourth-order valence-corrected chi connectivity index (χ4v) is 2.91. The predicted octanol–water partition coefficient (Wildman–Crippen LogP) is 5.63. The molecule has 136 valence electrons. The summed E-state index contributed by atoms with van der Waals surface area (Å²) in [6.45, 7) is 7.68. The Bertz CT molecular complexity index is 279. The maximum Gasteiger partial charge on any atom is 0.169 e. The first-order chi connectivity index (χ1) is 11.3. The van der Waals surface area contributed by atoms with E-state index in [1.165, 1.54) is 57.8 Å². The van der Waals surface area contributed by atoms with Gasteiger partial charge in [-0.25, -0.2) is 0 Å². The van der Waals surface area contributed by atoms with Crippen LogP contribution in [0.1, 0.15) is 84.5 Å². The van der Waals surface area contributed by atoms with Crippen molar-refractivity contribution in [2.75, 3.05) is 26.4 Å². The molecular formula is C20H38O3. The second-order valence-electron chi connectivity index (χ2n) is 6.59. The lowest BCUT2D eigenvalue weighted by Crippen LogP contribution is -2.35. The smallest absolute Gasteiger partial charge is 0.169 e. The topological polar surface area (TPSA) is 27.7 Å². The van der Waals surface area contributed by atoms with Gasteiger partial charge in [-0.3, -0.25) is 0 Å². The summed E-state index contributed by atoms with van der Waals surface area (Å²) in [7, 11) is 0. The van der Waals surface area contributed by atoms with Crippen LogP contribution in [0, 0.1) is 0 Å². The van der Waals surface area contributed by atoms with Crippen molar-refractivity contribution in [3.8, 4) is 0 Å². The van der Waals surface area contributed by atoms with Crippen molar-refractivity contribution in [3.05, 3.63) is 12.2 Å². The number of rotatable bonds is 14. The van der Waals surface area contributed by atoms with E-state index in [-0.39, 0.29) is 5.79 Å². The Hall–Kier alpha value is -0.380. The third-order valence-electron chi connectivity index (χ3n) is 4.45. The molecular weight excluding hydrogens is 288 g/mol. The highest BCUT2D eigenvalue weighted by Crippen LogP contribution is 2.29. The third-order valence-corrected chi connectivity index (χ3v) is 4.45. The molecule has 0 radical (unpaired) electrons. The zero-order valence-electron chi connectivity index (χ0n) is 15.5. The second kappa shape index (κ2) is 14.0. The fraction of sp³-hybridized carbons (Fsp3) is 0.900. The quantitative estimate of drug-likeness (QED) is 0.306. The van der Waals surface area contributed by atoms with Gasteiger partial charge in [0.25, 0.3) is 0 Å². The molecule has 0 aromatic heterocycles. The van der Waals surface area contributed by atoms with Gasteiger partial charge in [0.05, 0.1) is 13.2 Å². The molecule has 0 saturated carbocycles. The van der Waals surface area contributed by atoms with E-state index >= 15 is 0 Å². The SMILES string of the molecule is CCCCOCCCCCCCC1(CCCC)OCC=CCO1. The normalized spacial score (nSPS) is 17.3. The minimum atomic E-state index is -0.331. The summed E-state index contributed by atoms with van der Waals surface area (Å²) in [6.07, 6.45) is 17.2. The van der Waals surface area contributed by atoms with E-state index in [2.05, 4.69) is 26.0 Å². The molecule has 3 heteroatoms. The molecule has 1 rings (SSSR count). The first kappa shape index (κ1) is 20.7. The second-order valence-corrected chi connectivity index (χ2v) is 6.59. The average molecular weight is 327 g/mol. The van der Waals surface area contributed by atoms with Crippen molar-refractivity contribution in [1.29, 1.82) is 0 Å². The Morgan fingerprint density at radius 2 is 1.30 bits per heavy atom. The van der Waals surface area contributed by atoms with E-state index in [1.807, 2.05) is 0 Å². The summed E-state index contributed by atoms with van der Waals surface area (Å²) in [6, 6.07) is 0. The van der Waals surface area contributed by atoms with Gasteiger partial charge in [-0.15, -0.1) is 0 Å². The Morgan fingerprint density at radius 1 is 0.739 bits per heavy atom. The molecule has 1 heterocycles. The van der Waals surface area contributed by atoms with Crippen LogP contribution in [0.2, 0.25) is 0 Å². The van der Waals surface area contributed by atoms with Crippen molar-refractivity contribution in [2.45, 2.75) is 90.3 Å². The van der Waals surface area contributed by atoms with Gasteiger partial charge in [-0.1, -0.05) is 58.1 Å². The third kappa shape index (κ3) is 10.2. The van der Waals surface area contributed by atoms with Crippen LogP contribution >= 0.6 is 0 Å². The lowest BCUT2D eigenvalue weighted by Gasteiger charge is -2.32. The van der Waals surface area contributed by atoms with Crippen LogP contribution < -0.4 is 0 Å². The van der Waals surface area contributed by atoms with Gasteiger partial charge in [-0.05, 0) is 25.7 Å². The van der Waals surface area contributed by atoms with Crippen LogP contribution in [0.15, 0.2) is 12.2 Å².